The third-order valence-electron chi connectivity index (χ3n) is 3.06. The lowest BCUT2D eigenvalue weighted by atomic mass is 10.1. The van der Waals surface area contributed by atoms with Gasteiger partial charge < -0.3 is 10.6 Å². The Kier molecular flexibility index (Phi) is 5.73. The summed E-state index contributed by atoms with van der Waals surface area (Å²) < 4.78 is 0. The topological polar surface area (TPSA) is 54.0 Å². The predicted molar refractivity (Wildman–Crippen MR) is 88.1 cm³/mol. The number of rotatable bonds is 6. The highest BCUT2D eigenvalue weighted by molar-refractivity contribution is 7.15. The second-order valence-corrected chi connectivity index (χ2v) is 6.37. The van der Waals surface area contributed by atoms with Crippen molar-refractivity contribution in [1.82, 2.24) is 10.3 Å². The van der Waals surface area contributed by atoms with Gasteiger partial charge in [0.05, 0.1) is 0 Å². The molecule has 0 aliphatic rings. The van der Waals surface area contributed by atoms with E-state index in [9.17, 15) is 4.79 Å². The molecule has 1 unspecified atom stereocenters. The number of benzene rings is 1. The van der Waals surface area contributed by atoms with Crippen LogP contribution in [0.4, 0.5) is 5.13 Å². The molecule has 1 aromatic carbocycles. The van der Waals surface area contributed by atoms with Crippen LogP contribution >= 0.6 is 22.9 Å². The van der Waals surface area contributed by atoms with Crippen LogP contribution in [0.25, 0.3) is 0 Å². The number of thiazole rings is 1. The first-order chi connectivity index (χ1) is 10.1. The Labute approximate surface area is 133 Å². The molecule has 0 radical (unpaired) electrons. The fourth-order valence-electron chi connectivity index (χ4n) is 1.90. The number of carbonyl (C=O) groups is 1. The number of nitrogens with zero attached hydrogens (tertiary/aromatic N) is 1. The molecule has 0 saturated carbocycles. The van der Waals surface area contributed by atoms with Gasteiger partial charge in [0, 0.05) is 35.0 Å². The molecule has 2 aromatic rings. The molecular formula is C15H18ClN3OS. The average Bonchev–Trinajstić information content (AvgIpc) is 2.89. The van der Waals surface area contributed by atoms with Crippen LogP contribution in [0, 0.1) is 5.92 Å². The van der Waals surface area contributed by atoms with Crippen LogP contribution < -0.4 is 10.6 Å². The Morgan fingerprint density at radius 2 is 2.19 bits per heavy atom. The van der Waals surface area contributed by atoms with Gasteiger partial charge in [-0.3, -0.25) is 4.79 Å². The van der Waals surface area contributed by atoms with Gasteiger partial charge in [0.2, 0.25) is 5.91 Å². The molecule has 0 aliphatic carbocycles. The van der Waals surface area contributed by atoms with Crippen molar-refractivity contribution < 1.29 is 4.79 Å². The molecule has 1 aromatic heterocycles. The Morgan fingerprint density at radius 3 is 2.90 bits per heavy atom. The maximum absolute atomic E-state index is 11.9. The maximum atomic E-state index is 11.9. The monoisotopic (exact) mass is 323 g/mol. The number of nitrogens with one attached hydrogen (secondary N) is 2. The molecule has 0 saturated heterocycles. The third kappa shape index (κ3) is 4.52. The molecule has 0 bridgehead atoms. The lowest BCUT2D eigenvalue weighted by Gasteiger charge is -2.09. The Bertz CT molecular complexity index is 614. The van der Waals surface area contributed by atoms with Gasteiger partial charge in [-0.15, -0.1) is 11.3 Å². The molecule has 0 fully saturated rings. The highest BCUT2D eigenvalue weighted by atomic mass is 35.5. The smallest absolute Gasteiger partial charge is 0.230 e. The quantitative estimate of drug-likeness (QED) is 0.858. The highest BCUT2D eigenvalue weighted by Gasteiger charge is 2.14. The summed E-state index contributed by atoms with van der Waals surface area (Å²) in [5, 5.41) is 7.21. The molecule has 4 nitrogen and oxygen atoms in total. The number of hydrogen-bond donors (Lipinski definition) is 2. The summed E-state index contributed by atoms with van der Waals surface area (Å²) in [6.07, 6.45) is 2.51. The first-order valence-electron chi connectivity index (χ1n) is 6.73. The van der Waals surface area contributed by atoms with E-state index in [0.29, 0.717) is 11.7 Å². The highest BCUT2D eigenvalue weighted by Crippen LogP contribution is 2.24. The van der Waals surface area contributed by atoms with Gasteiger partial charge in [-0.25, -0.2) is 4.98 Å². The first kappa shape index (κ1) is 15.9. The molecule has 21 heavy (non-hydrogen) atoms. The van der Waals surface area contributed by atoms with Crippen LogP contribution in [0.1, 0.15) is 17.4 Å². The normalized spacial score (nSPS) is 12.1. The number of hydrogen-bond acceptors (Lipinski definition) is 4. The van der Waals surface area contributed by atoms with E-state index in [4.69, 9.17) is 11.6 Å². The van der Waals surface area contributed by atoms with Crippen molar-refractivity contribution >= 4 is 34.0 Å². The molecule has 112 valence electrons. The van der Waals surface area contributed by atoms with Crippen LogP contribution in [0.15, 0.2) is 30.5 Å². The summed E-state index contributed by atoms with van der Waals surface area (Å²) in [6.45, 7) is 2.52. The summed E-state index contributed by atoms with van der Waals surface area (Å²) in [7, 11) is 1.83. The van der Waals surface area contributed by atoms with E-state index < -0.39 is 0 Å². The summed E-state index contributed by atoms with van der Waals surface area (Å²) >= 11 is 7.63. The molecule has 2 N–H and O–H groups in total. The van der Waals surface area contributed by atoms with Crippen molar-refractivity contribution in [2.24, 2.45) is 5.92 Å². The fourth-order valence-corrected chi connectivity index (χ4v) is 2.94. The van der Waals surface area contributed by atoms with Crippen LogP contribution in [-0.4, -0.2) is 24.5 Å². The van der Waals surface area contributed by atoms with Gasteiger partial charge in [0.1, 0.15) is 0 Å². The van der Waals surface area contributed by atoms with Crippen LogP contribution in [-0.2, 0) is 11.2 Å². The van der Waals surface area contributed by atoms with Gasteiger partial charge in [-0.05, 0) is 18.7 Å². The average molecular weight is 324 g/mol. The van der Waals surface area contributed by atoms with E-state index in [1.54, 1.807) is 6.20 Å². The summed E-state index contributed by atoms with van der Waals surface area (Å²) in [6, 6.07) is 7.74. The zero-order chi connectivity index (χ0) is 15.2. The van der Waals surface area contributed by atoms with E-state index >= 15 is 0 Å². The van der Waals surface area contributed by atoms with Crippen molar-refractivity contribution in [3.05, 3.63) is 45.9 Å². The minimum atomic E-state index is -0.0917. The summed E-state index contributed by atoms with van der Waals surface area (Å²) in [4.78, 5) is 17.2. The van der Waals surface area contributed by atoms with Crippen molar-refractivity contribution in [3.63, 3.8) is 0 Å². The zero-order valence-electron chi connectivity index (χ0n) is 12.0. The second kappa shape index (κ2) is 7.54. The molecule has 6 heteroatoms. The maximum Gasteiger partial charge on any atom is 0.230 e. The molecule has 0 aliphatic heterocycles. The molecule has 1 amide bonds. The molecule has 1 atom stereocenters. The minimum Gasteiger partial charge on any atom is -0.319 e. The number of amides is 1. The van der Waals surface area contributed by atoms with E-state index in [1.807, 2.05) is 38.2 Å². The fraction of sp³-hybridized carbons (Fsp3) is 0.333. The summed E-state index contributed by atoms with van der Waals surface area (Å²) in [5.74, 6) is -0.117. The van der Waals surface area contributed by atoms with E-state index in [-0.39, 0.29) is 11.8 Å². The Balaban J connectivity index is 1.99. The number of carbonyl (C=O) groups excluding carboxylic acids is 1. The van der Waals surface area contributed by atoms with Gasteiger partial charge >= 0.3 is 0 Å². The van der Waals surface area contributed by atoms with Gasteiger partial charge in [0.15, 0.2) is 5.13 Å². The largest absolute Gasteiger partial charge is 0.319 e. The van der Waals surface area contributed by atoms with E-state index in [2.05, 4.69) is 15.6 Å². The minimum absolute atomic E-state index is 0.0250. The van der Waals surface area contributed by atoms with Crippen molar-refractivity contribution in [3.8, 4) is 0 Å². The number of aromatic nitrogens is 1. The SMILES string of the molecule is CNCC(C)C(=O)Nc1ncc(Cc2ccccc2Cl)s1. The number of halogens is 1. The van der Waals surface area contributed by atoms with E-state index in [1.165, 1.54) is 11.3 Å². The molecular weight excluding hydrogens is 306 g/mol. The van der Waals surface area contributed by atoms with Gasteiger partial charge in [0.25, 0.3) is 0 Å². The standard InChI is InChI=1S/C15H18ClN3OS/c1-10(8-17-2)14(20)19-15-18-9-12(21-15)7-11-5-3-4-6-13(11)16/h3-6,9-10,17H,7-8H2,1-2H3,(H,18,19,20). The second-order valence-electron chi connectivity index (χ2n) is 4.85. The molecule has 1 heterocycles. The number of anilines is 1. The first-order valence-corrected chi connectivity index (χ1v) is 7.93. The third-order valence-corrected chi connectivity index (χ3v) is 4.35. The van der Waals surface area contributed by atoms with Gasteiger partial charge in [-0.1, -0.05) is 36.7 Å². The van der Waals surface area contributed by atoms with Crippen LogP contribution in [0.3, 0.4) is 0 Å². The molecule has 2 rings (SSSR count). The van der Waals surface area contributed by atoms with Crippen molar-refractivity contribution in [2.75, 3.05) is 18.9 Å². The predicted octanol–water partition coefficient (Wildman–Crippen LogP) is 3.18. The van der Waals surface area contributed by atoms with Crippen LogP contribution in [0.5, 0.6) is 0 Å². The van der Waals surface area contributed by atoms with Gasteiger partial charge in [-0.2, -0.15) is 0 Å². The molecule has 0 spiro atoms. The Morgan fingerprint density at radius 1 is 1.43 bits per heavy atom. The van der Waals surface area contributed by atoms with Crippen molar-refractivity contribution in [2.45, 2.75) is 13.3 Å². The Hall–Kier alpha value is -1.43. The van der Waals surface area contributed by atoms with Crippen LogP contribution in [0.2, 0.25) is 5.02 Å². The summed E-state index contributed by atoms with van der Waals surface area (Å²) in [5.41, 5.74) is 1.06. The van der Waals surface area contributed by atoms with E-state index in [0.717, 1.165) is 21.9 Å². The lowest BCUT2D eigenvalue weighted by molar-refractivity contribution is -0.119. The zero-order valence-corrected chi connectivity index (χ0v) is 13.6. The lowest BCUT2D eigenvalue weighted by Crippen LogP contribution is -2.28. The van der Waals surface area contributed by atoms with Crippen molar-refractivity contribution in [1.29, 1.82) is 0 Å².